The van der Waals surface area contributed by atoms with E-state index in [-0.39, 0.29) is 5.70 Å². The minimum absolute atomic E-state index is 0.116. The van der Waals surface area contributed by atoms with E-state index in [1.807, 2.05) is 0 Å². The first-order valence-corrected chi connectivity index (χ1v) is 2.21. The van der Waals surface area contributed by atoms with Gasteiger partial charge in [0.05, 0.1) is 11.7 Å². The number of nitrogens with one attached hydrogen (secondary N) is 2. The molecule has 4 heteroatoms. The molecule has 44 valence electrons. The van der Waals surface area contributed by atoms with E-state index in [1.165, 1.54) is 6.08 Å². The lowest BCUT2D eigenvalue weighted by Gasteiger charge is -2.01. The number of carbonyl (C=O) groups excluding carboxylic acids is 1. The maximum atomic E-state index is 9.92. The van der Waals surface area contributed by atoms with Gasteiger partial charge in [-0.2, -0.15) is 0 Å². The van der Waals surface area contributed by atoms with Crippen molar-refractivity contribution in [3.8, 4) is 0 Å². The smallest absolute Gasteiger partial charge is 0.0885 e. The molecule has 2 N–H and O–H groups in total. The molecule has 1 heterocycles. The average Bonchev–Trinajstić information content (AvgIpc) is 2.12. The molecule has 0 unspecified atom stereocenters. The van der Waals surface area contributed by atoms with Gasteiger partial charge in [-0.25, -0.2) is 5.43 Å². The highest BCUT2D eigenvalue weighted by atomic mass is 16.4. The minimum Gasteiger partial charge on any atom is -0.543 e. The minimum atomic E-state index is -1.17. The molecule has 0 bridgehead atoms. The van der Waals surface area contributed by atoms with Crippen molar-refractivity contribution in [3.63, 3.8) is 0 Å². The zero-order chi connectivity index (χ0) is 5.98. The molecule has 0 aromatic heterocycles. The highest BCUT2D eigenvalue weighted by molar-refractivity contribution is 5.84. The Morgan fingerprint density at radius 3 is 2.88 bits per heavy atom. The fourth-order valence-corrected chi connectivity index (χ4v) is 0.485. The molecule has 0 saturated heterocycles. The van der Waals surface area contributed by atoms with Crippen LogP contribution in [0.25, 0.3) is 0 Å². The van der Waals surface area contributed by atoms with Crippen molar-refractivity contribution >= 4 is 5.97 Å². The number of rotatable bonds is 1. The SMILES string of the molecule is O=C([O-])C1=CCNN1. The van der Waals surface area contributed by atoms with Crippen LogP contribution in [-0.4, -0.2) is 12.5 Å². The highest BCUT2D eigenvalue weighted by Crippen LogP contribution is 1.87. The molecule has 0 fully saturated rings. The Hall–Kier alpha value is -1.03. The van der Waals surface area contributed by atoms with Crippen LogP contribution in [0.15, 0.2) is 11.8 Å². The summed E-state index contributed by atoms with van der Waals surface area (Å²) in [5.41, 5.74) is 5.11. The molecule has 8 heavy (non-hydrogen) atoms. The zero-order valence-corrected chi connectivity index (χ0v) is 4.10. The molecular weight excluding hydrogens is 108 g/mol. The fraction of sp³-hybridized carbons (Fsp3) is 0.250. The molecule has 0 saturated carbocycles. The van der Waals surface area contributed by atoms with Gasteiger partial charge in [0.2, 0.25) is 0 Å². The molecule has 0 radical (unpaired) electrons. The first-order chi connectivity index (χ1) is 3.80. The Labute approximate surface area is 46.2 Å². The van der Waals surface area contributed by atoms with E-state index in [0.29, 0.717) is 6.54 Å². The number of carbonyl (C=O) groups is 1. The van der Waals surface area contributed by atoms with Gasteiger partial charge in [0, 0.05) is 6.54 Å². The van der Waals surface area contributed by atoms with E-state index in [0.717, 1.165) is 0 Å². The summed E-state index contributed by atoms with van der Waals surface area (Å²) in [6, 6.07) is 0. The predicted molar refractivity (Wildman–Crippen MR) is 24.2 cm³/mol. The summed E-state index contributed by atoms with van der Waals surface area (Å²) in [5.74, 6) is -1.17. The quantitative estimate of drug-likeness (QED) is 0.402. The van der Waals surface area contributed by atoms with Crippen LogP contribution in [-0.2, 0) is 4.79 Å². The van der Waals surface area contributed by atoms with Crippen LogP contribution in [0, 0.1) is 0 Å². The molecule has 1 aliphatic heterocycles. The maximum Gasteiger partial charge on any atom is 0.0885 e. The van der Waals surface area contributed by atoms with E-state index < -0.39 is 5.97 Å². The van der Waals surface area contributed by atoms with E-state index in [4.69, 9.17) is 0 Å². The standard InChI is InChI=1S/C4H6N2O2/c7-4(8)3-1-2-5-6-3/h1,5-6H,2H2,(H,7,8)/p-1. The largest absolute Gasteiger partial charge is 0.543 e. The number of aliphatic carboxylic acids is 1. The van der Waals surface area contributed by atoms with Crippen LogP contribution < -0.4 is 16.0 Å². The van der Waals surface area contributed by atoms with Gasteiger partial charge in [-0.1, -0.05) is 0 Å². The van der Waals surface area contributed by atoms with Gasteiger partial charge in [0.15, 0.2) is 0 Å². The second kappa shape index (κ2) is 1.83. The monoisotopic (exact) mass is 113 g/mol. The Balaban J connectivity index is 2.57. The van der Waals surface area contributed by atoms with E-state index in [9.17, 15) is 9.90 Å². The molecule has 0 aromatic rings. The van der Waals surface area contributed by atoms with Gasteiger partial charge in [0.25, 0.3) is 0 Å². The highest BCUT2D eigenvalue weighted by Gasteiger charge is 2.00. The van der Waals surface area contributed by atoms with Gasteiger partial charge in [-0.15, -0.1) is 0 Å². The molecule has 0 amide bonds. The topological polar surface area (TPSA) is 64.2 Å². The number of hydrogen-bond acceptors (Lipinski definition) is 4. The summed E-state index contributed by atoms with van der Waals surface area (Å²) < 4.78 is 0. The molecule has 0 aliphatic carbocycles. The molecular formula is C4H5N2O2-. The lowest BCUT2D eigenvalue weighted by Crippen LogP contribution is -2.34. The first-order valence-electron chi connectivity index (χ1n) is 2.21. The number of hydrazine groups is 1. The Kier molecular flexibility index (Phi) is 1.17. The summed E-state index contributed by atoms with van der Waals surface area (Å²) in [6.07, 6.45) is 1.51. The summed E-state index contributed by atoms with van der Waals surface area (Å²) in [4.78, 5) is 9.92. The van der Waals surface area contributed by atoms with Crippen molar-refractivity contribution in [2.45, 2.75) is 0 Å². The number of carboxylic acids is 1. The lowest BCUT2D eigenvalue weighted by molar-refractivity contribution is -0.299. The third kappa shape index (κ3) is 0.788. The van der Waals surface area contributed by atoms with Crippen molar-refractivity contribution in [1.29, 1.82) is 0 Å². The van der Waals surface area contributed by atoms with Crippen molar-refractivity contribution in [1.82, 2.24) is 10.9 Å². The van der Waals surface area contributed by atoms with Crippen LogP contribution in [0.3, 0.4) is 0 Å². The lowest BCUT2D eigenvalue weighted by atomic mass is 10.4. The summed E-state index contributed by atoms with van der Waals surface area (Å²) in [5, 5.41) is 9.92. The fourth-order valence-electron chi connectivity index (χ4n) is 0.485. The van der Waals surface area contributed by atoms with Crippen LogP contribution in [0.2, 0.25) is 0 Å². The zero-order valence-electron chi connectivity index (χ0n) is 4.10. The molecule has 0 spiro atoms. The van der Waals surface area contributed by atoms with Gasteiger partial charge in [0.1, 0.15) is 0 Å². The second-order valence-corrected chi connectivity index (χ2v) is 1.41. The third-order valence-corrected chi connectivity index (χ3v) is 0.851. The molecule has 1 rings (SSSR count). The normalized spacial score (nSPS) is 17.2. The Bertz CT molecular complexity index is 141. The summed E-state index contributed by atoms with van der Waals surface area (Å²) in [6.45, 7) is 0.545. The Morgan fingerprint density at radius 2 is 2.62 bits per heavy atom. The van der Waals surface area contributed by atoms with Crippen LogP contribution >= 0.6 is 0 Å². The van der Waals surface area contributed by atoms with Crippen molar-refractivity contribution in [2.75, 3.05) is 6.54 Å². The van der Waals surface area contributed by atoms with Gasteiger partial charge < -0.3 is 15.3 Å². The van der Waals surface area contributed by atoms with Crippen LogP contribution in [0.5, 0.6) is 0 Å². The maximum absolute atomic E-state index is 9.92. The first kappa shape index (κ1) is 5.11. The van der Waals surface area contributed by atoms with Crippen molar-refractivity contribution < 1.29 is 9.90 Å². The molecule has 1 aliphatic rings. The van der Waals surface area contributed by atoms with Crippen molar-refractivity contribution in [2.24, 2.45) is 0 Å². The van der Waals surface area contributed by atoms with E-state index >= 15 is 0 Å². The van der Waals surface area contributed by atoms with Crippen molar-refractivity contribution in [3.05, 3.63) is 11.8 Å². The molecule has 0 aromatic carbocycles. The van der Waals surface area contributed by atoms with Gasteiger partial charge in [-0.3, -0.25) is 0 Å². The summed E-state index contributed by atoms with van der Waals surface area (Å²) >= 11 is 0. The van der Waals surface area contributed by atoms with Gasteiger partial charge >= 0.3 is 0 Å². The van der Waals surface area contributed by atoms with E-state index in [1.54, 1.807) is 0 Å². The number of carboxylic acid groups (broad SMARTS) is 1. The Morgan fingerprint density at radius 1 is 1.88 bits per heavy atom. The van der Waals surface area contributed by atoms with Crippen LogP contribution in [0.4, 0.5) is 0 Å². The van der Waals surface area contributed by atoms with Crippen LogP contribution in [0.1, 0.15) is 0 Å². The number of hydrogen-bond donors (Lipinski definition) is 2. The molecule has 4 nitrogen and oxygen atoms in total. The average molecular weight is 113 g/mol. The summed E-state index contributed by atoms with van der Waals surface area (Å²) in [7, 11) is 0. The third-order valence-electron chi connectivity index (χ3n) is 0.851. The van der Waals surface area contributed by atoms with E-state index in [2.05, 4.69) is 10.9 Å². The van der Waals surface area contributed by atoms with Gasteiger partial charge in [-0.05, 0) is 6.08 Å². The second-order valence-electron chi connectivity index (χ2n) is 1.41. The molecule has 0 atom stereocenters. The predicted octanol–water partition coefficient (Wildman–Crippen LogP) is -2.27.